The quantitative estimate of drug-likeness (QED) is 0.458. The molecule has 1 atom stereocenters. The summed E-state index contributed by atoms with van der Waals surface area (Å²) < 4.78 is 25.5. The van der Waals surface area contributed by atoms with Crippen LogP contribution in [0.2, 0.25) is 0 Å². The Bertz CT molecular complexity index is 1330. The van der Waals surface area contributed by atoms with Gasteiger partial charge in [-0.1, -0.05) is 30.3 Å². The molecule has 4 rings (SSSR count). The molecule has 1 fully saturated rings. The van der Waals surface area contributed by atoms with Crippen LogP contribution in [0.25, 0.3) is 0 Å². The molecule has 0 spiro atoms. The van der Waals surface area contributed by atoms with Crippen LogP contribution in [0.1, 0.15) is 34.4 Å². The van der Waals surface area contributed by atoms with Gasteiger partial charge in [-0.25, -0.2) is 18.4 Å². The largest absolute Gasteiger partial charge is 0.351 e. The number of benzene rings is 1. The van der Waals surface area contributed by atoms with E-state index in [1.54, 1.807) is 24.3 Å². The molecule has 1 unspecified atom stereocenters. The highest BCUT2D eigenvalue weighted by Crippen LogP contribution is 2.35. The SMILES string of the molecule is O=C(CCCNC(=O)c1cccc(C2N(c3ccccn3)C(=O)CS2(=O)=O)n1)Nc1ccccc1. The van der Waals surface area contributed by atoms with Gasteiger partial charge in [0.1, 0.15) is 17.3 Å². The molecule has 11 heteroatoms. The number of hydrogen-bond acceptors (Lipinski definition) is 7. The molecular weight excluding hydrogens is 470 g/mol. The average molecular weight is 494 g/mol. The summed E-state index contributed by atoms with van der Waals surface area (Å²) in [5, 5.41) is 4.08. The molecule has 0 saturated carbocycles. The lowest BCUT2D eigenvalue weighted by molar-refractivity contribution is -0.116. The van der Waals surface area contributed by atoms with Gasteiger partial charge in [-0.2, -0.15) is 0 Å². The lowest BCUT2D eigenvalue weighted by Crippen LogP contribution is -2.31. The third-order valence-electron chi connectivity index (χ3n) is 5.24. The summed E-state index contributed by atoms with van der Waals surface area (Å²) in [6.45, 7) is 0.229. The first-order valence-corrected chi connectivity index (χ1v) is 12.6. The van der Waals surface area contributed by atoms with Crippen molar-refractivity contribution in [3.05, 3.63) is 84.3 Å². The van der Waals surface area contributed by atoms with E-state index in [2.05, 4.69) is 20.6 Å². The van der Waals surface area contributed by atoms with Gasteiger partial charge in [-0.15, -0.1) is 0 Å². The van der Waals surface area contributed by atoms with Crippen LogP contribution in [0, 0.1) is 0 Å². The Labute approximate surface area is 202 Å². The molecule has 1 aromatic carbocycles. The second-order valence-corrected chi connectivity index (χ2v) is 9.89. The minimum atomic E-state index is -3.89. The van der Waals surface area contributed by atoms with Crippen LogP contribution < -0.4 is 15.5 Å². The molecule has 3 heterocycles. The van der Waals surface area contributed by atoms with Crippen molar-refractivity contribution < 1.29 is 22.8 Å². The van der Waals surface area contributed by atoms with Crippen molar-refractivity contribution in [2.45, 2.75) is 18.2 Å². The van der Waals surface area contributed by atoms with Crippen molar-refractivity contribution >= 4 is 39.1 Å². The van der Waals surface area contributed by atoms with E-state index in [1.165, 1.54) is 30.5 Å². The van der Waals surface area contributed by atoms with Crippen LogP contribution in [0.4, 0.5) is 11.5 Å². The molecular formula is C24H23N5O5S. The first kappa shape index (κ1) is 24.0. The summed E-state index contributed by atoms with van der Waals surface area (Å²) in [5.74, 6) is -1.77. The van der Waals surface area contributed by atoms with Gasteiger partial charge in [-0.3, -0.25) is 19.3 Å². The Hall–Kier alpha value is -4.12. The molecule has 1 saturated heterocycles. The number of pyridine rings is 2. The number of aromatic nitrogens is 2. The van der Waals surface area contributed by atoms with Crippen LogP contribution >= 0.6 is 0 Å². The van der Waals surface area contributed by atoms with Gasteiger partial charge in [0.05, 0.1) is 5.69 Å². The lowest BCUT2D eigenvalue weighted by atomic mass is 10.2. The Morgan fingerprint density at radius 2 is 1.77 bits per heavy atom. The van der Waals surface area contributed by atoms with Crippen molar-refractivity contribution in [1.82, 2.24) is 15.3 Å². The number of nitrogens with one attached hydrogen (secondary N) is 2. The molecule has 2 aromatic heterocycles. The van der Waals surface area contributed by atoms with Gasteiger partial charge in [-0.05, 0) is 42.8 Å². The van der Waals surface area contributed by atoms with Crippen molar-refractivity contribution in [3.8, 4) is 0 Å². The minimum Gasteiger partial charge on any atom is -0.351 e. The fourth-order valence-corrected chi connectivity index (χ4v) is 5.36. The highest BCUT2D eigenvalue weighted by molar-refractivity contribution is 7.93. The first-order valence-electron chi connectivity index (χ1n) is 10.9. The molecule has 1 aliphatic heterocycles. The Morgan fingerprint density at radius 3 is 2.51 bits per heavy atom. The summed E-state index contributed by atoms with van der Waals surface area (Å²) in [6.07, 6.45) is 2.08. The molecule has 1 aliphatic rings. The van der Waals surface area contributed by atoms with Crippen molar-refractivity contribution in [3.63, 3.8) is 0 Å². The minimum absolute atomic E-state index is 0.00626. The molecule has 180 valence electrons. The maximum absolute atomic E-state index is 12.8. The molecule has 3 aromatic rings. The zero-order valence-corrected chi connectivity index (χ0v) is 19.4. The maximum Gasteiger partial charge on any atom is 0.269 e. The van der Waals surface area contributed by atoms with E-state index in [-0.39, 0.29) is 36.1 Å². The molecule has 3 amide bonds. The third kappa shape index (κ3) is 5.69. The van der Waals surface area contributed by atoms with E-state index in [1.807, 2.05) is 18.2 Å². The van der Waals surface area contributed by atoms with Gasteiger partial charge in [0, 0.05) is 24.8 Å². The summed E-state index contributed by atoms with van der Waals surface area (Å²) in [5.41, 5.74) is 0.755. The topological polar surface area (TPSA) is 138 Å². The zero-order chi connectivity index (χ0) is 24.8. The Kier molecular flexibility index (Phi) is 7.16. The second-order valence-electron chi connectivity index (χ2n) is 7.83. The molecule has 0 bridgehead atoms. The number of carbonyl (C=O) groups is 3. The predicted molar refractivity (Wildman–Crippen MR) is 129 cm³/mol. The smallest absolute Gasteiger partial charge is 0.269 e. The number of hydrogen-bond donors (Lipinski definition) is 2. The normalized spacial score (nSPS) is 16.6. The molecule has 10 nitrogen and oxygen atoms in total. The summed E-state index contributed by atoms with van der Waals surface area (Å²) in [4.78, 5) is 46.6. The molecule has 0 radical (unpaired) electrons. The zero-order valence-electron chi connectivity index (χ0n) is 18.6. The van der Waals surface area contributed by atoms with Crippen LogP contribution in [-0.2, 0) is 19.4 Å². The number of nitrogens with zero attached hydrogens (tertiary/aromatic N) is 3. The first-order chi connectivity index (χ1) is 16.8. The molecule has 0 aliphatic carbocycles. The number of rotatable bonds is 8. The van der Waals surface area contributed by atoms with Crippen molar-refractivity contribution in [2.75, 3.05) is 22.5 Å². The van der Waals surface area contributed by atoms with Gasteiger partial charge >= 0.3 is 0 Å². The second kappa shape index (κ2) is 10.4. The standard InChI is InChI=1S/C24H23N5O5S/c30-21(27-17-8-2-1-3-9-17)13-7-15-26-23(32)18-10-6-11-19(28-18)24-29(20-12-4-5-14-25-20)22(31)16-35(24,33)34/h1-6,8-12,14,24H,7,13,15-16H2,(H,26,32)(H,27,30). The number of para-hydroxylation sites is 1. The van der Waals surface area contributed by atoms with Crippen molar-refractivity contribution in [2.24, 2.45) is 0 Å². The summed E-state index contributed by atoms with van der Waals surface area (Å²) in [6, 6.07) is 18.3. The molecule has 35 heavy (non-hydrogen) atoms. The van der Waals surface area contributed by atoms with Crippen molar-refractivity contribution in [1.29, 1.82) is 0 Å². The van der Waals surface area contributed by atoms with E-state index < -0.39 is 32.8 Å². The molecule has 2 N–H and O–H groups in total. The van der Waals surface area contributed by atoms with Gasteiger partial charge < -0.3 is 10.6 Å². The van der Waals surface area contributed by atoms with E-state index in [0.29, 0.717) is 12.1 Å². The van der Waals surface area contributed by atoms with Gasteiger partial charge in [0.2, 0.25) is 11.8 Å². The van der Waals surface area contributed by atoms with E-state index >= 15 is 0 Å². The number of carbonyl (C=O) groups excluding carboxylic acids is 3. The van der Waals surface area contributed by atoms with E-state index in [0.717, 1.165) is 4.90 Å². The van der Waals surface area contributed by atoms with E-state index in [9.17, 15) is 22.8 Å². The van der Waals surface area contributed by atoms with Crippen LogP contribution in [0.15, 0.2) is 72.9 Å². The Morgan fingerprint density at radius 1 is 1.00 bits per heavy atom. The summed E-state index contributed by atoms with van der Waals surface area (Å²) in [7, 11) is -3.89. The lowest BCUT2D eigenvalue weighted by Gasteiger charge is -2.22. The average Bonchev–Trinajstić information content (AvgIpc) is 3.10. The van der Waals surface area contributed by atoms with Gasteiger partial charge in [0.25, 0.3) is 5.91 Å². The maximum atomic E-state index is 12.8. The fraction of sp³-hybridized carbons (Fsp3) is 0.208. The monoisotopic (exact) mass is 493 g/mol. The highest BCUT2D eigenvalue weighted by atomic mass is 32.2. The van der Waals surface area contributed by atoms with Crippen LogP contribution in [0.3, 0.4) is 0 Å². The van der Waals surface area contributed by atoms with Crippen LogP contribution in [0.5, 0.6) is 0 Å². The fourth-order valence-electron chi connectivity index (χ4n) is 3.67. The van der Waals surface area contributed by atoms with Gasteiger partial charge in [0.15, 0.2) is 15.2 Å². The van der Waals surface area contributed by atoms with E-state index in [4.69, 9.17) is 0 Å². The predicted octanol–water partition coefficient (Wildman–Crippen LogP) is 2.09. The highest BCUT2D eigenvalue weighted by Gasteiger charge is 2.47. The number of amides is 3. The number of anilines is 2. The third-order valence-corrected chi connectivity index (χ3v) is 7.03. The van der Waals surface area contributed by atoms with Crippen LogP contribution in [-0.4, -0.2) is 48.4 Å². The summed E-state index contributed by atoms with van der Waals surface area (Å²) >= 11 is 0. The number of sulfone groups is 1. The Balaban J connectivity index is 1.40.